The van der Waals surface area contributed by atoms with Crippen molar-refractivity contribution in [3.63, 3.8) is 0 Å². The number of carboxylic acid groups (broad SMARTS) is 1. The number of fused-ring (bicyclic) bond motifs is 1. The van der Waals surface area contributed by atoms with Gasteiger partial charge in [0.25, 0.3) is 0 Å². The molecule has 1 aliphatic heterocycles. The highest BCUT2D eigenvalue weighted by Gasteiger charge is 2.30. The SMILES string of the molecule is CC.CCCC.CSCCC(NC(C)(C)c1ccc(COCc2ccc3c(c2)CCO3)cc1-c1ccccc1C)C(=O)O. The Labute approximate surface area is 264 Å². The molecule has 1 unspecified atom stereocenters. The Bertz CT molecular complexity index is 1270. The molecule has 2 N–H and O–H groups in total. The van der Waals surface area contributed by atoms with Gasteiger partial charge in [-0.3, -0.25) is 10.1 Å². The van der Waals surface area contributed by atoms with Gasteiger partial charge in [-0.05, 0) is 96.3 Å². The van der Waals surface area contributed by atoms with Gasteiger partial charge in [0.15, 0.2) is 0 Å². The zero-order valence-electron chi connectivity index (χ0n) is 27.6. The zero-order valence-corrected chi connectivity index (χ0v) is 28.4. The molecule has 6 heteroatoms. The predicted molar refractivity (Wildman–Crippen MR) is 183 cm³/mol. The van der Waals surface area contributed by atoms with E-state index in [9.17, 15) is 9.90 Å². The summed E-state index contributed by atoms with van der Waals surface area (Å²) in [6.45, 7) is 16.4. The number of hydrogen-bond acceptors (Lipinski definition) is 5. The molecule has 0 saturated carbocycles. The van der Waals surface area contributed by atoms with Crippen molar-refractivity contribution in [3.8, 4) is 16.9 Å². The topological polar surface area (TPSA) is 67.8 Å². The first-order valence-electron chi connectivity index (χ1n) is 15.7. The second kappa shape index (κ2) is 18.8. The number of benzene rings is 3. The van der Waals surface area contributed by atoms with Crippen molar-refractivity contribution in [3.05, 3.63) is 88.5 Å². The number of carbonyl (C=O) groups is 1. The van der Waals surface area contributed by atoms with Gasteiger partial charge in [-0.25, -0.2) is 0 Å². The van der Waals surface area contributed by atoms with Gasteiger partial charge in [-0.1, -0.05) is 83.0 Å². The van der Waals surface area contributed by atoms with Crippen molar-refractivity contribution in [2.24, 2.45) is 0 Å². The summed E-state index contributed by atoms with van der Waals surface area (Å²) in [5, 5.41) is 13.3. The lowest BCUT2D eigenvalue weighted by Crippen LogP contribution is -2.48. The lowest BCUT2D eigenvalue weighted by Gasteiger charge is -2.33. The molecular weight excluding hydrogens is 554 g/mol. The van der Waals surface area contributed by atoms with Gasteiger partial charge in [0, 0.05) is 12.0 Å². The monoisotopic (exact) mass is 607 g/mol. The Hall–Kier alpha value is -2.80. The number of ether oxygens (including phenoxy) is 2. The molecule has 0 radical (unpaired) electrons. The predicted octanol–water partition coefficient (Wildman–Crippen LogP) is 9.18. The number of nitrogens with one attached hydrogen (secondary N) is 1. The van der Waals surface area contributed by atoms with Crippen LogP contribution in [-0.4, -0.2) is 35.7 Å². The standard InChI is InChI=1S/C31H37NO4S.C4H10.C2H6/c1-21-7-5-6-8-25(21)26-18-23(20-35-19-22-10-12-29-24(17-22)13-15-36-29)9-11-27(26)31(2,3)32-28(30(33)34)14-16-37-4;1-3-4-2;1-2/h5-12,17-18,28,32H,13-16,19-20H2,1-4H3,(H,33,34);3-4H2,1-2H3;1-2H3. The highest BCUT2D eigenvalue weighted by Crippen LogP contribution is 2.35. The fourth-order valence-electron chi connectivity index (χ4n) is 4.95. The highest BCUT2D eigenvalue weighted by atomic mass is 32.2. The number of unbranched alkanes of at least 4 members (excludes halogenated alkanes) is 1. The summed E-state index contributed by atoms with van der Waals surface area (Å²) >= 11 is 1.66. The number of aliphatic carboxylic acids is 1. The van der Waals surface area contributed by atoms with E-state index in [1.165, 1.54) is 24.0 Å². The molecule has 1 atom stereocenters. The third-order valence-electron chi connectivity index (χ3n) is 7.43. The molecule has 0 amide bonds. The second-order valence-corrected chi connectivity index (χ2v) is 12.2. The minimum absolute atomic E-state index is 0.492. The molecular formula is C37H53NO4S. The minimum Gasteiger partial charge on any atom is -0.493 e. The third kappa shape index (κ3) is 11.0. The van der Waals surface area contributed by atoms with Crippen LogP contribution in [0.5, 0.6) is 5.75 Å². The fraction of sp³-hybridized carbons (Fsp3) is 0.486. The molecule has 3 aromatic rings. The van der Waals surface area contributed by atoms with Crippen LogP contribution in [0.3, 0.4) is 0 Å². The summed E-state index contributed by atoms with van der Waals surface area (Å²) in [5.41, 5.74) is 7.42. The van der Waals surface area contributed by atoms with Crippen LogP contribution in [0.2, 0.25) is 0 Å². The van der Waals surface area contributed by atoms with Crippen molar-refractivity contribution in [1.82, 2.24) is 5.32 Å². The Morgan fingerprint density at radius 1 is 1.00 bits per heavy atom. The molecule has 0 aromatic heterocycles. The van der Waals surface area contributed by atoms with E-state index in [2.05, 4.69) is 82.4 Å². The number of aryl methyl sites for hydroxylation is 1. The van der Waals surface area contributed by atoms with E-state index in [1.807, 2.05) is 38.3 Å². The average molecular weight is 608 g/mol. The maximum atomic E-state index is 12.0. The molecule has 4 rings (SSSR count). The third-order valence-corrected chi connectivity index (χ3v) is 8.07. The molecule has 0 fully saturated rings. The largest absolute Gasteiger partial charge is 0.493 e. The molecule has 0 spiro atoms. The van der Waals surface area contributed by atoms with E-state index in [4.69, 9.17) is 9.47 Å². The Morgan fingerprint density at radius 2 is 1.65 bits per heavy atom. The number of rotatable bonds is 13. The number of thioether (sulfide) groups is 1. The van der Waals surface area contributed by atoms with Crippen LogP contribution in [-0.2, 0) is 34.7 Å². The maximum absolute atomic E-state index is 12.0. The van der Waals surface area contributed by atoms with Crippen molar-refractivity contribution in [1.29, 1.82) is 0 Å². The second-order valence-electron chi connectivity index (χ2n) is 11.2. The normalized spacial score (nSPS) is 12.7. The molecule has 5 nitrogen and oxygen atoms in total. The number of hydrogen-bond donors (Lipinski definition) is 2. The van der Waals surface area contributed by atoms with Crippen LogP contribution in [0.1, 0.15) is 88.6 Å². The van der Waals surface area contributed by atoms with E-state index < -0.39 is 17.6 Å². The van der Waals surface area contributed by atoms with Crippen molar-refractivity contribution in [2.75, 3.05) is 18.6 Å². The van der Waals surface area contributed by atoms with Crippen LogP contribution in [0, 0.1) is 6.92 Å². The first kappa shape index (κ1) is 36.4. The van der Waals surface area contributed by atoms with Gasteiger partial charge in [0.1, 0.15) is 11.8 Å². The van der Waals surface area contributed by atoms with Gasteiger partial charge in [0.05, 0.1) is 19.8 Å². The molecule has 1 aliphatic rings. The van der Waals surface area contributed by atoms with Gasteiger partial charge in [0.2, 0.25) is 0 Å². The minimum atomic E-state index is -0.817. The van der Waals surface area contributed by atoms with Crippen LogP contribution < -0.4 is 10.1 Å². The van der Waals surface area contributed by atoms with Crippen molar-refractivity contribution >= 4 is 17.7 Å². The molecule has 43 heavy (non-hydrogen) atoms. The molecule has 0 bridgehead atoms. The average Bonchev–Trinajstić information content (AvgIpc) is 3.48. The summed E-state index contributed by atoms with van der Waals surface area (Å²) in [5.74, 6) is 0.956. The van der Waals surface area contributed by atoms with Crippen molar-refractivity contribution < 1.29 is 19.4 Å². The summed E-state index contributed by atoms with van der Waals surface area (Å²) < 4.78 is 11.7. The molecule has 236 valence electrons. The van der Waals surface area contributed by atoms with Crippen LogP contribution >= 0.6 is 11.8 Å². The lowest BCUT2D eigenvalue weighted by atomic mass is 9.84. The molecule has 0 saturated heterocycles. The van der Waals surface area contributed by atoms with E-state index in [0.717, 1.165) is 52.3 Å². The first-order chi connectivity index (χ1) is 20.7. The summed E-state index contributed by atoms with van der Waals surface area (Å²) in [4.78, 5) is 12.0. The van der Waals surface area contributed by atoms with E-state index in [0.29, 0.717) is 19.6 Å². The first-order valence-corrected chi connectivity index (χ1v) is 17.1. The van der Waals surface area contributed by atoms with Crippen LogP contribution in [0.25, 0.3) is 11.1 Å². The Morgan fingerprint density at radius 3 is 2.28 bits per heavy atom. The van der Waals surface area contributed by atoms with Crippen LogP contribution in [0.15, 0.2) is 60.7 Å². The zero-order chi connectivity index (χ0) is 31.8. The van der Waals surface area contributed by atoms with Gasteiger partial charge in [-0.2, -0.15) is 11.8 Å². The smallest absolute Gasteiger partial charge is 0.320 e. The molecule has 0 aliphatic carbocycles. The van der Waals surface area contributed by atoms with Crippen molar-refractivity contribution in [2.45, 2.75) is 98.9 Å². The van der Waals surface area contributed by atoms with Gasteiger partial charge < -0.3 is 14.6 Å². The maximum Gasteiger partial charge on any atom is 0.320 e. The fourth-order valence-corrected chi connectivity index (χ4v) is 5.42. The summed E-state index contributed by atoms with van der Waals surface area (Å²) in [6, 6.07) is 20.4. The number of carboxylic acids is 1. The Balaban J connectivity index is 0.000000993. The lowest BCUT2D eigenvalue weighted by molar-refractivity contribution is -0.140. The van der Waals surface area contributed by atoms with Gasteiger partial charge >= 0.3 is 5.97 Å². The van der Waals surface area contributed by atoms with E-state index >= 15 is 0 Å². The summed E-state index contributed by atoms with van der Waals surface area (Å²) in [6.07, 6.45) is 6.16. The summed E-state index contributed by atoms with van der Waals surface area (Å²) in [7, 11) is 0. The quantitative estimate of drug-likeness (QED) is 0.202. The Kier molecular flexibility index (Phi) is 15.9. The van der Waals surface area contributed by atoms with E-state index in [1.54, 1.807) is 11.8 Å². The van der Waals surface area contributed by atoms with Gasteiger partial charge in [-0.15, -0.1) is 0 Å². The van der Waals surface area contributed by atoms with E-state index in [-0.39, 0.29) is 0 Å². The molecule has 3 aromatic carbocycles. The van der Waals surface area contributed by atoms with Crippen LogP contribution in [0.4, 0.5) is 0 Å². The highest BCUT2D eigenvalue weighted by molar-refractivity contribution is 7.98. The molecule has 1 heterocycles.